The number of nitrogens with one attached hydrogen (secondary N) is 1. The van der Waals surface area contributed by atoms with Gasteiger partial charge in [0.1, 0.15) is 4.70 Å². The Hall–Kier alpha value is -3.27. The summed E-state index contributed by atoms with van der Waals surface area (Å²) in [7, 11) is 0. The van der Waals surface area contributed by atoms with Crippen molar-refractivity contribution in [1.29, 1.82) is 0 Å². The van der Waals surface area contributed by atoms with Crippen LogP contribution in [0.2, 0.25) is 0 Å². The standard InChI is InChI=1S/C16H12N4O5S/c21-13(7-1-2-7)18-16-17-12-11(26-16)10(15(24)25)19-20(12)9-5-3-8(4-6-9)14(22)23/h3-7H,1-2H2,(H,22,23)(H,24,25)(H,17,18,21). The van der Waals surface area contributed by atoms with Gasteiger partial charge in [0.25, 0.3) is 0 Å². The highest BCUT2D eigenvalue weighted by atomic mass is 32.1. The fourth-order valence-corrected chi connectivity index (χ4v) is 3.40. The number of nitrogens with zero attached hydrogens (tertiary/aromatic N) is 3. The van der Waals surface area contributed by atoms with Crippen molar-refractivity contribution in [2.45, 2.75) is 12.8 Å². The fourth-order valence-electron chi connectivity index (χ4n) is 2.47. The largest absolute Gasteiger partial charge is 0.478 e. The Labute approximate surface area is 149 Å². The molecule has 4 rings (SSSR count). The summed E-state index contributed by atoms with van der Waals surface area (Å²) >= 11 is 1.05. The van der Waals surface area contributed by atoms with Crippen LogP contribution in [0.15, 0.2) is 24.3 Å². The van der Waals surface area contributed by atoms with E-state index in [9.17, 15) is 19.5 Å². The number of thiazole rings is 1. The molecule has 1 saturated carbocycles. The molecule has 1 amide bonds. The Morgan fingerprint density at radius 2 is 1.81 bits per heavy atom. The highest BCUT2D eigenvalue weighted by Crippen LogP contribution is 2.34. The predicted octanol–water partition coefficient (Wildman–Crippen LogP) is 2.23. The molecule has 0 radical (unpaired) electrons. The third kappa shape index (κ3) is 2.80. The first-order chi connectivity index (χ1) is 12.4. The number of anilines is 1. The van der Waals surface area contributed by atoms with Gasteiger partial charge in [0.2, 0.25) is 5.91 Å². The number of carbonyl (C=O) groups excluding carboxylic acids is 1. The average Bonchev–Trinajstić information content (AvgIpc) is 3.29. The molecule has 26 heavy (non-hydrogen) atoms. The molecule has 0 spiro atoms. The minimum atomic E-state index is -1.21. The number of aromatic carboxylic acids is 2. The third-order valence-corrected chi connectivity index (χ3v) is 4.93. The van der Waals surface area contributed by atoms with E-state index in [4.69, 9.17) is 5.11 Å². The lowest BCUT2D eigenvalue weighted by molar-refractivity contribution is -0.117. The van der Waals surface area contributed by atoms with Crippen LogP contribution in [-0.4, -0.2) is 42.8 Å². The third-order valence-electron chi connectivity index (χ3n) is 3.96. The zero-order valence-electron chi connectivity index (χ0n) is 13.2. The number of hydrogen-bond donors (Lipinski definition) is 3. The van der Waals surface area contributed by atoms with Gasteiger partial charge in [-0.25, -0.2) is 14.3 Å². The first-order valence-corrected chi connectivity index (χ1v) is 8.53. The summed E-state index contributed by atoms with van der Waals surface area (Å²) in [5.41, 5.74) is 0.692. The number of hydrogen-bond acceptors (Lipinski definition) is 6. The lowest BCUT2D eigenvalue weighted by atomic mass is 10.2. The first kappa shape index (κ1) is 16.2. The molecule has 3 N–H and O–H groups in total. The number of carbonyl (C=O) groups is 3. The Balaban J connectivity index is 1.77. The van der Waals surface area contributed by atoms with Gasteiger partial charge in [-0.15, -0.1) is 0 Å². The molecule has 3 aromatic rings. The number of amides is 1. The Kier molecular flexibility index (Phi) is 3.69. The first-order valence-electron chi connectivity index (χ1n) is 7.71. The van der Waals surface area contributed by atoms with E-state index in [1.54, 1.807) is 0 Å². The van der Waals surface area contributed by atoms with Crippen molar-refractivity contribution >= 4 is 44.7 Å². The molecule has 1 aliphatic carbocycles. The molecule has 0 atom stereocenters. The zero-order valence-corrected chi connectivity index (χ0v) is 14.0. The zero-order chi connectivity index (χ0) is 18.4. The normalized spacial score (nSPS) is 13.7. The van der Waals surface area contributed by atoms with Crippen LogP contribution in [0.25, 0.3) is 16.0 Å². The highest BCUT2D eigenvalue weighted by Gasteiger charge is 2.31. The van der Waals surface area contributed by atoms with E-state index >= 15 is 0 Å². The van der Waals surface area contributed by atoms with Gasteiger partial charge in [0.05, 0.1) is 11.3 Å². The van der Waals surface area contributed by atoms with E-state index in [1.807, 2.05) is 0 Å². The Morgan fingerprint density at radius 1 is 1.12 bits per heavy atom. The smallest absolute Gasteiger partial charge is 0.358 e. The van der Waals surface area contributed by atoms with Crippen LogP contribution in [-0.2, 0) is 4.79 Å². The topological polar surface area (TPSA) is 134 Å². The van der Waals surface area contributed by atoms with Gasteiger partial charge in [-0.3, -0.25) is 4.79 Å². The lowest BCUT2D eigenvalue weighted by Gasteiger charge is -2.03. The van der Waals surface area contributed by atoms with Crippen LogP contribution >= 0.6 is 11.3 Å². The van der Waals surface area contributed by atoms with Crippen molar-refractivity contribution in [3.05, 3.63) is 35.5 Å². The molecule has 0 unspecified atom stereocenters. The molecule has 0 bridgehead atoms. The number of aromatic nitrogens is 3. The van der Waals surface area contributed by atoms with E-state index < -0.39 is 11.9 Å². The van der Waals surface area contributed by atoms with Crippen molar-refractivity contribution in [3.63, 3.8) is 0 Å². The molecule has 9 nitrogen and oxygen atoms in total. The molecule has 1 aliphatic rings. The second-order valence-electron chi connectivity index (χ2n) is 5.85. The van der Waals surface area contributed by atoms with Crippen LogP contribution < -0.4 is 5.32 Å². The van der Waals surface area contributed by atoms with Crippen molar-refractivity contribution < 1.29 is 24.6 Å². The van der Waals surface area contributed by atoms with Crippen molar-refractivity contribution in [2.75, 3.05) is 5.32 Å². The fraction of sp³-hybridized carbons (Fsp3) is 0.188. The summed E-state index contributed by atoms with van der Waals surface area (Å²) in [5, 5.41) is 25.5. The van der Waals surface area contributed by atoms with Gasteiger partial charge >= 0.3 is 11.9 Å². The van der Waals surface area contributed by atoms with E-state index in [0.717, 1.165) is 24.2 Å². The number of carboxylic acid groups (broad SMARTS) is 2. The maximum Gasteiger partial charge on any atom is 0.358 e. The van der Waals surface area contributed by atoms with Crippen LogP contribution in [0.1, 0.15) is 33.7 Å². The molecule has 132 valence electrons. The minimum Gasteiger partial charge on any atom is -0.478 e. The minimum absolute atomic E-state index is 0.000943. The van der Waals surface area contributed by atoms with Crippen molar-refractivity contribution in [2.24, 2.45) is 5.92 Å². The van der Waals surface area contributed by atoms with E-state index in [-0.39, 0.29) is 23.1 Å². The van der Waals surface area contributed by atoms with E-state index in [0.29, 0.717) is 21.2 Å². The summed E-state index contributed by atoms with van der Waals surface area (Å²) in [6.45, 7) is 0. The molecule has 2 heterocycles. The molecule has 1 aromatic carbocycles. The average molecular weight is 372 g/mol. The van der Waals surface area contributed by atoms with Gasteiger partial charge in [-0.05, 0) is 37.1 Å². The summed E-state index contributed by atoms with van der Waals surface area (Å²) in [5.74, 6) is -2.39. The van der Waals surface area contributed by atoms with Gasteiger partial charge < -0.3 is 15.5 Å². The van der Waals surface area contributed by atoms with Crippen molar-refractivity contribution in [3.8, 4) is 5.69 Å². The highest BCUT2D eigenvalue weighted by molar-refractivity contribution is 7.22. The molecular weight excluding hydrogens is 360 g/mol. The number of fused-ring (bicyclic) bond motifs is 1. The van der Waals surface area contributed by atoms with Crippen LogP contribution in [0, 0.1) is 5.92 Å². The van der Waals surface area contributed by atoms with E-state index in [1.165, 1.54) is 28.9 Å². The van der Waals surface area contributed by atoms with E-state index in [2.05, 4.69) is 15.4 Å². The number of carboxylic acids is 2. The summed E-state index contributed by atoms with van der Waals surface area (Å²) in [4.78, 5) is 38.7. The number of benzene rings is 1. The molecular formula is C16H12N4O5S. The second-order valence-corrected chi connectivity index (χ2v) is 6.85. The summed E-state index contributed by atoms with van der Waals surface area (Å²) in [6.07, 6.45) is 1.70. The Morgan fingerprint density at radius 3 is 2.38 bits per heavy atom. The molecule has 0 aliphatic heterocycles. The maximum absolute atomic E-state index is 11.9. The van der Waals surface area contributed by atoms with Crippen LogP contribution in [0.4, 0.5) is 5.13 Å². The SMILES string of the molecule is O=C(O)c1ccc(-n2nc(C(=O)O)c3sc(NC(=O)C4CC4)nc32)cc1. The molecule has 0 saturated heterocycles. The molecule has 1 fully saturated rings. The summed E-state index contributed by atoms with van der Waals surface area (Å²) < 4.78 is 1.67. The predicted molar refractivity (Wildman–Crippen MR) is 92.0 cm³/mol. The summed E-state index contributed by atoms with van der Waals surface area (Å²) in [6, 6.07) is 5.83. The number of rotatable bonds is 5. The lowest BCUT2D eigenvalue weighted by Crippen LogP contribution is -2.13. The van der Waals surface area contributed by atoms with Crippen LogP contribution in [0.5, 0.6) is 0 Å². The van der Waals surface area contributed by atoms with Crippen molar-refractivity contribution in [1.82, 2.24) is 14.8 Å². The quantitative estimate of drug-likeness (QED) is 0.625. The Bertz CT molecular complexity index is 1050. The van der Waals surface area contributed by atoms with Gasteiger partial charge in [0.15, 0.2) is 16.5 Å². The van der Waals surface area contributed by atoms with Gasteiger partial charge in [-0.2, -0.15) is 10.1 Å². The van der Waals surface area contributed by atoms with Gasteiger partial charge in [0, 0.05) is 5.92 Å². The molecule has 2 aromatic heterocycles. The van der Waals surface area contributed by atoms with Crippen LogP contribution in [0.3, 0.4) is 0 Å². The van der Waals surface area contributed by atoms with Gasteiger partial charge in [-0.1, -0.05) is 11.3 Å². The monoisotopic (exact) mass is 372 g/mol. The maximum atomic E-state index is 11.9. The molecule has 10 heteroatoms. The second kappa shape index (κ2) is 5.92.